The Morgan fingerprint density at radius 2 is 1.17 bits per heavy atom. The van der Waals surface area contributed by atoms with Crippen molar-refractivity contribution in [2.45, 2.75) is 167 Å². The van der Waals surface area contributed by atoms with Gasteiger partial charge < -0.3 is 0 Å². The van der Waals surface area contributed by atoms with Gasteiger partial charge >= 0.3 is 0 Å². The molecule has 6 atom stereocenters. The topological polar surface area (TPSA) is 0 Å². The van der Waals surface area contributed by atoms with Crippen molar-refractivity contribution in [3.05, 3.63) is 35.4 Å². The summed E-state index contributed by atoms with van der Waals surface area (Å²) in [5.41, 5.74) is 6.31. The van der Waals surface area contributed by atoms with Crippen LogP contribution in [0.2, 0.25) is 0 Å². The summed E-state index contributed by atoms with van der Waals surface area (Å²) in [6.07, 6.45) is 14.2. The van der Waals surface area contributed by atoms with E-state index in [2.05, 4.69) is 121 Å². The second-order valence-electron chi connectivity index (χ2n) is 20.5. The summed E-state index contributed by atoms with van der Waals surface area (Å²) in [5, 5.41) is 0. The zero-order valence-electron chi connectivity index (χ0n) is 30.7. The first-order chi connectivity index (χ1) is 19.1. The predicted molar refractivity (Wildman–Crippen MR) is 184 cm³/mol. The molecule has 0 heteroatoms. The smallest absolute Gasteiger partial charge is 0.0132 e. The SMILES string of the molecule is CCC(C)(C)CCC(C)(C)C(C)(C)C(C)(C)C12CCC(C3CCC4(C(C)(C)Cc5ccc(C(C)(C)C)cc5)CC34)C1C2. The molecule has 5 rings (SSSR count). The third-order valence-electron chi connectivity index (χ3n) is 16.4. The highest BCUT2D eigenvalue weighted by Gasteiger charge is 2.76. The molecule has 0 amide bonds. The van der Waals surface area contributed by atoms with Gasteiger partial charge in [-0.15, -0.1) is 0 Å². The van der Waals surface area contributed by atoms with Gasteiger partial charge in [-0.1, -0.05) is 128 Å². The Hall–Kier alpha value is -0.780. The third kappa shape index (κ3) is 4.89. The quantitative estimate of drug-likeness (QED) is 0.246. The molecular weight excluding hydrogens is 504 g/mol. The van der Waals surface area contributed by atoms with Crippen LogP contribution in [0.3, 0.4) is 0 Å². The van der Waals surface area contributed by atoms with Crippen LogP contribution in [0.5, 0.6) is 0 Å². The fraction of sp³-hybridized carbons (Fsp3) is 0.857. The van der Waals surface area contributed by atoms with E-state index in [1.165, 1.54) is 69.8 Å². The second-order valence-corrected chi connectivity index (χ2v) is 20.5. The Bertz CT molecular complexity index is 1130. The summed E-state index contributed by atoms with van der Waals surface area (Å²) < 4.78 is 0. The lowest BCUT2D eigenvalue weighted by Gasteiger charge is -2.57. The highest BCUT2D eigenvalue weighted by molar-refractivity contribution is 5.30. The molecule has 0 radical (unpaired) electrons. The normalized spacial score (nSPS) is 33.5. The van der Waals surface area contributed by atoms with E-state index in [4.69, 9.17) is 0 Å². The summed E-state index contributed by atoms with van der Waals surface area (Å²) in [6, 6.07) is 9.66. The maximum Gasteiger partial charge on any atom is -0.0132 e. The number of rotatable bonds is 11. The molecule has 4 aliphatic rings. The van der Waals surface area contributed by atoms with Gasteiger partial charge in [0.15, 0.2) is 0 Å². The molecule has 0 saturated heterocycles. The van der Waals surface area contributed by atoms with Crippen molar-refractivity contribution < 1.29 is 0 Å². The highest BCUT2D eigenvalue weighted by atomic mass is 14.8. The van der Waals surface area contributed by atoms with E-state index in [0.717, 1.165) is 23.7 Å². The van der Waals surface area contributed by atoms with Crippen LogP contribution >= 0.6 is 0 Å². The molecule has 42 heavy (non-hydrogen) atoms. The molecule has 0 heterocycles. The lowest BCUT2D eigenvalue weighted by Crippen LogP contribution is -2.49. The van der Waals surface area contributed by atoms with Crippen molar-refractivity contribution in [1.82, 2.24) is 0 Å². The first kappa shape index (κ1) is 32.6. The van der Waals surface area contributed by atoms with Crippen molar-refractivity contribution in [3.63, 3.8) is 0 Å². The maximum absolute atomic E-state index is 2.70. The average Bonchev–Trinajstić information content (AvgIpc) is 3.73. The van der Waals surface area contributed by atoms with Crippen LogP contribution in [-0.2, 0) is 11.8 Å². The van der Waals surface area contributed by atoms with Gasteiger partial charge in [0.1, 0.15) is 0 Å². The molecule has 4 fully saturated rings. The second kappa shape index (κ2) is 9.86. The number of hydrogen-bond acceptors (Lipinski definition) is 0. The molecule has 4 saturated carbocycles. The number of benzene rings is 1. The summed E-state index contributed by atoms with van der Waals surface area (Å²) in [6.45, 7) is 35.5. The lowest BCUT2D eigenvalue weighted by atomic mass is 9.48. The summed E-state index contributed by atoms with van der Waals surface area (Å²) in [5.74, 6) is 3.98. The van der Waals surface area contributed by atoms with E-state index >= 15 is 0 Å². The van der Waals surface area contributed by atoms with Crippen LogP contribution in [-0.4, -0.2) is 0 Å². The van der Waals surface area contributed by atoms with Crippen LogP contribution in [0.4, 0.5) is 0 Å². The molecule has 238 valence electrons. The largest absolute Gasteiger partial charge is 0.0649 e. The summed E-state index contributed by atoms with van der Waals surface area (Å²) in [7, 11) is 0. The molecule has 4 aliphatic carbocycles. The van der Waals surface area contributed by atoms with Crippen LogP contribution in [0, 0.1) is 61.6 Å². The Labute approximate surface area is 263 Å². The minimum atomic E-state index is 0.234. The average molecular weight is 575 g/mol. The Balaban J connectivity index is 1.26. The molecule has 0 nitrogen and oxygen atoms in total. The maximum atomic E-state index is 2.70. The Morgan fingerprint density at radius 3 is 1.64 bits per heavy atom. The monoisotopic (exact) mass is 575 g/mol. The fourth-order valence-electron chi connectivity index (χ4n) is 11.2. The van der Waals surface area contributed by atoms with Gasteiger partial charge in [0.25, 0.3) is 0 Å². The first-order valence-corrected chi connectivity index (χ1v) is 18.2. The van der Waals surface area contributed by atoms with Gasteiger partial charge in [0, 0.05) is 0 Å². The van der Waals surface area contributed by atoms with Crippen LogP contribution in [0.1, 0.15) is 166 Å². The zero-order chi connectivity index (χ0) is 31.4. The van der Waals surface area contributed by atoms with Crippen LogP contribution in [0.15, 0.2) is 24.3 Å². The van der Waals surface area contributed by atoms with Gasteiger partial charge in [-0.3, -0.25) is 0 Å². The van der Waals surface area contributed by atoms with Crippen molar-refractivity contribution in [3.8, 4) is 0 Å². The first-order valence-electron chi connectivity index (χ1n) is 18.2. The molecule has 0 aromatic heterocycles. The van der Waals surface area contributed by atoms with E-state index in [-0.39, 0.29) is 5.41 Å². The van der Waals surface area contributed by atoms with Gasteiger partial charge in [0.2, 0.25) is 0 Å². The van der Waals surface area contributed by atoms with Gasteiger partial charge in [-0.2, -0.15) is 0 Å². The predicted octanol–water partition coefficient (Wildman–Crippen LogP) is 12.7. The molecule has 1 aromatic carbocycles. The fourth-order valence-corrected chi connectivity index (χ4v) is 11.2. The Kier molecular flexibility index (Phi) is 7.65. The van der Waals surface area contributed by atoms with Gasteiger partial charge in [-0.05, 0) is 136 Å². The van der Waals surface area contributed by atoms with E-state index in [0.29, 0.717) is 37.9 Å². The van der Waals surface area contributed by atoms with E-state index < -0.39 is 0 Å². The van der Waals surface area contributed by atoms with Crippen molar-refractivity contribution in [2.75, 3.05) is 0 Å². The molecule has 0 bridgehead atoms. The lowest BCUT2D eigenvalue weighted by molar-refractivity contribution is -0.0796. The highest BCUT2D eigenvalue weighted by Crippen LogP contribution is 2.83. The minimum absolute atomic E-state index is 0.234. The summed E-state index contributed by atoms with van der Waals surface area (Å²) in [4.78, 5) is 0. The molecule has 1 aromatic rings. The standard InChI is InChI=1S/C42H70/c1-15-36(5,6)24-25-37(7,8)39(11,12)40(13,14)42-23-21-32(34(42)28-42)31-20-22-41(27-33(31)41)38(9,10)26-29-16-18-30(19-17-29)35(2,3)4/h16-19,31-34H,15,20-28H2,1-14H3. The molecule has 0 spiro atoms. The van der Waals surface area contributed by atoms with E-state index in [1.807, 2.05) is 0 Å². The van der Waals surface area contributed by atoms with Crippen molar-refractivity contribution in [1.29, 1.82) is 0 Å². The van der Waals surface area contributed by atoms with Crippen LogP contribution in [0.25, 0.3) is 0 Å². The molecule has 0 aliphatic heterocycles. The summed E-state index contributed by atoms with van der Waals surface area (Å²) >= 11 is 0. The minimum Gasteiger partial charge on any atom is -0.0649 e. The Morgan fingerprint density at radius 1 is 0.667 bits per heavy atom. The number of hydrogen-bond donors (Lipinski definition) is 0. The van der Waals surface area contributed by atoms with E-state index in [9.17, 15) is 0 Å². The van der Waals surface area contributed by atoms with Gasteiger partial charge in [-0.25, -0.2) is 0 Å². The third-order valence-corrected chi connectivity index (χ3v) is 16.4. The number of fused-ring (bicyclic) bond motifs is 2. The van der Waals surface area contributed by atoms with Crippen molar-refractivity contribution >= 4 is 0 Å². The zero-order valence-corrected chi connectivity index (χ0v) is 30.7. The van der Waals surface area contributed by atoms with Crippen LogP contribution < -0.4 is 0 Å². The van der Waals surface area contributed by atoms with E-state index in [1.54, 1.807) is 5.56 Å². The van der Waals surface area contributed by atoms with Crippen molar-refractivity contribution in [2.24, 2.45) is 61.6 Å². The molecule has 6 unspecified atom stereocenters. The molecule has 0 N–H and O–H groups in total. The molecular formula is C42H70. The van der Waals surface area contributed by atoms with Gasteiger partial charge in [0.05, 0.1) is 0 Å².